The highest BCUT2D eigenvalue weighted by Crippen LogP contribution is 2.62. The van der Waals surface area contributed by atoms with Crippen LogP contribution in [0.1, 0.15) is 44.5 Å². The molecule has 10 aromatic carbocycles. The van der Waals surface area contributed by atoms with Gasteiger partial charge in [0, 0.05) is 16.7 Å². The Morgan fingerprint density at radius 2 is 0.682 bits per heavy atom. The molecule has 0 N–H and O–H groups in total. The molecule has 1 heterocycles. The number of rotatable bonds is 7. The van der Waals surface area contributed by atoms with Crippen LogP contribution < -0.4 is 0 Å². The molecule has 1 unspecified atom stereocenters. The van der Waals surface area contributed by atoms with Crippen LogP contribution in [0.25, 0.3) is 67.2 Å². The average Bonchev–Trinajstić information content (AvgIpc) is 3.87. The second-order valence-corrected chi connectivity index (χ2v) is 17.4. The van der Waals surface area contributed by atoms with Crippen molar-refractivity contribution >= 4 is 10.8 Å². The van der Waals surface area contributed by atoms with Gasteiger partial charge >= 0.3 is 0 Å². The Bertz CT molecular complexity index is 3530. The summed E-state index contributed by atoms with van der Waals surface area (Å²) >= 11 is 0. The molecule has 66 heavy (non-hydrogen) atoms. The molecule has 0 bridgehead atoms. The van der Waals surface area contributed by atoms with Gasteiger partial charge in [-0.2, -0.15) is 0 Å². The maximum absolute atomic E-state index is 5.37. The highest BCUT2D eigenvalue weighted by atomic mass is 15.0. The minimum Gasteiger partial charge on any atom is -0.208 e. The van der Waals surface area contributed by atoms with Gasteiger partial charge in [-0.05, 0) is 95.7 Å². The average molecular weight is 840 g/mol. The summed E-state index contributed by atoms with van der Waals surface area (Å²) in [5.41, 5.74) is 16.2. The topological polar surface area (TPSA) is 38.7 Å². The molecule has 3 heteroatoms. The third kappa shape index (κ3) is 5.53. The molecular formula is C63H41N3. The Morgan fingerprint density at radius 1 is 0.242 bits per heavy atom. The van der Waals surface area contributed by atoms with Gasteiger partial charge in [0.2, 0.25) is 0 Å². The molecule has 11 aromatic rings. The minimum atomic E-state index is -0.652. The van der Waals surface area contributed by atoms with Crippen molar-refractivity contribution in [1.29, 1.82) is 0 Å². The molecule has 2 aliphatic carbocycles. The summed E-state index contributed by atoms with van der Waals surface area (Å²) in [5.74, 6) is 1.90. The van der Waals surface area contributed by atoms with Crippen molar-refractivity contribution in [2.24, 2.45) is 0 Å². The SMILES string of the molecule is c1ccc(-c2nc(-c3ccccc3)nc(-c3cccc4c3-c3cc(C5(c6ccccc6)c6ccccc6-c6cc7ccccc7cc65)ccc3C4(c3ccccc3)c3ccccc3)n2)cc1. The summed E-state index contributed by atoms with van der Waals surface area (Å²) in [6, 6.07) is 90.4. The van der Waals surface area contributed by atoms with E-state index >= 15 is 0 Å². The molecule has 0 radical (unpaired) electrons. The van der Waals surface area contributed by atoms with Crippen molar-refractivity contribution in [2.45, 2.75) is 10.8 Å². The Morgan fingerprint density at radius 3 is 1.27 bits per heavy atom. The van der Waals surface area contributed by atoms with Crippen LogP contribution in [0.3, 0.4) is 0 Å². The van der Waals surface area contributed by atoms with Crippen LogP contribution in [-0.2, 0) is 10.8 Å². The van der Waals surface area contributed by atoms with Crippen molar-refractivity contribution < 1.29 is 0 Å². The van der Waals surface area contributed by atoms with Crippen LogP contribution in [0, 0.1) is 0 Å². The molecule has 2 aliphatic rings. The highest BCUT2D eigenvalue weighted by Gasteiger charge is 2.50. The van der Waals surface area contributed by atoms with E-state index in [1.165, 1.54) is 66.4 Å². The molecule has 3 nitrogen and oxygen atoms in total. The number of aromatic nitrogens is 3. The van der Waals surface area contributed by atoms with E-state index < -0.39 is 10.8 Å². The first-order valence-corrected chi connectivity index (χ1v) is 22.7. The van der Waals surface area contributed by atoms with E-state index in [-0.39, 0.29) is 0 Å². The van der Waals surface area contributed by atoms with Crippen molar-refractivity contribution in [3.8, 4) is 56.4 Å². The fraction of sp³-hybridized carbons (Fsp3) is 0.0317. The predicted molar refractivity (Wildman–Crippen MR) is 268 cm³/mol. The van der Waals surface area contributed by atoms with Gasteiger partial charge in [-0.15, -0.1) is 0 Å². The van der Waals surface area contributed by atoms with Crippen LogP contribution in [0.4, 0.5) is 0 Å². The van der Waals surface area contributed by atoms with Gasteiger partial charge in [0.05, 0.1) is 10.8 Å². The summed E-state index contributed by atoms with van der Waals surface area (Å²) in [6.07, 6.45) is 0. The molecule has 0 aliphatic heterocycles. The lowest BCUT2D eigenvalue weighted by Crippen LogP contribution is -2.30. The van der Waals surface area contributed by atoms with Crippen molar-refractivity contribution in [1.82, 2.24) is 15.0 Å². The molecule has 0 amide bonds. The maximum atomic E-state index is 5.37. The zero-order valence-electron chi connectivity index (χ0n) is 36.0. The first-order chi connectivity index (χ1) is 32.7. The molecule has 1 atom stereocenters. The van der Waals surface area contributed by atoms with Gasteiger partial charge < -0.3 is 0 Å². The van der Waals surface area contributed by atoms with Gasteiger partial charge in [-0.1, -0.05) is 231 Å². The third-order valence-electron chi connectivity index (χ3n) is 14.1. The lowest BCUT2D eigenvalue weighted by atomic mass is 9.65. The van der Waals surface area contributed by atoms with Crippen LogP contribution in [0.2, 0.25) is 0 Å². The Labute approximate surface area is 384 Å². The smallest absolute Gasteiger partial charge is 0.164 e. The fourth-order valence-electron chi connectivity index (χ4n) is 11.3. The Kier molecular flexibility index (Phi) is 8.66. The second-order valence-electron chi connectivity index (χ2n) is 17.4. The normalized spacial score (nSPS) is 15.2. The fourth-order valence-corrected chi connectivity index (χ4v) is 11.3. The molecule has 13 rings (SSSR count). The standard InChI is InChI=1S/C63H41N3/c1-6-21-42(22-7-1)59-64-60(43-23-8-2-9-24-43)66-61(65-59)51-34-20-36-56-58(51)53-41-49(37-38-55(53)62(56,46-27-10-3-11-28-46)47-29-12-4-13-30-47)63(48-31-14-5-15-32-48)54-35-19-18-33-50(54)52-39-44-25-16-17-26-45(44)40-57(52)63/h1-41H. The van der Waals surface area contributed by atoms with E-state index in [0.717, 1.165) is 27.8 Å². The number of hydrogen-bond acceptors (Lipinski definition) is 3. The van der Waals surface area contributed by atoms with Gasteiger partial charge in [0.15, 0.2) is 17.5 Å². The summed E-state index contributed by atoms with van der Waals surface area (Å²) in [7, 11) is 0. The lowest BCUT2D eigenvalue weighted by Gasteiger charge is -2.36. The number of fused-ring (bicyclic) bond motifs is 7. The van der Waals surface area contributed by atoms with E-state index in [4.69, 9.17) is 15.0 Å². The van der Waals surface area contributed by atoms with Crippen LogP contribution in [0.5, 0.6) is 0 Å². The Balaban J connectivity index is 1.16. The molecule has 0 spiro atoms. The summed E-state index contributed by atoms with van der Waals surface area (Å²) in [6.45, 7) is 0. The van der Waals surface area contributed by atoms with E-state index in [1.807, 2.05) is 36.4 Å². The third-order valence-corrected chi connectivity index (χ3v) is 14.1. The lowest BCUT2D eigenvalue weighted by molar-refractivity contribution is 0.755. The zero-order valence-corrected chi connectivity index (χ0v) is 36.0. The van der Waals surface area contributed by atoms with E-state index in [9.17, 15) is 0 Å². The van der Waals surface area contributed by atoms with Gasteiger partial charge in [0.25, 0.3) is 0 Å². The summed E-state index contributed by atoms with van der Waals surface area (Å²) < 4.78 is 0. The maximum Gasteiger partial charge on any atom is 0.164 e. The highest BCUT2D eigenvalue weighted by molar-refractivity contribution is 5.98. The largest absolute Gasteiger partial charge is 0.208 e. The van der Waals surface area contributed by atoms with E-state index in [0.29, 0.717) is 17.5 Å². The Hall–Kier alpha value is -8.53. The van der Waals surface area contributed by atoms with E-state index in [1.54, 1.807) is 0 Å². The molecule has 0 saturated carbocycles. The van der Waals surface area contributed by atoms with Crippen LogP contribution >= 0.6 is 0 Å². The monoisotopic (exact) mass is 839 g/mol. The van der Waals surface area contributed by atoms with Crippen LogP contribution in [0.15, 0.2) is 249 Å². The predicted octanol–water partition coefficient (Wildman–Crippen LogP) is 14.8. The van der Waals surface area contributed by atoms with Gasteiger partial charge in [0.1, 0.15) is 0 Å². The summed E-state index contributed by atoms with van der Waals surface area (Å²) in [4.78, 5) is 15.9. The second kappa shape index (κ2) is 15.0. The zero-order chi connectivity index (χ0) is 43.7. The van der Waals surface area contributed by atoms with Crippen molar-refractivity contribution in [3.63, 3.8) is 0 Å². The van der Waals surface area contributed by atoms with Crippen LogP contribution in [-0.4, -0.2) is 15.0 Å². The minimum absolute atomic E-state index is 0.625. The molecule has 0 saturated heterocycles. The molecule has 0 fully saturated rings. The molecular weight excluding hydrogens is 799 g/mol. The number of nitrogens with zero attached hydrogens (tertiary/aromatic N) is 3. The molecule has 1 aromatic heterocycles. The van der Waals surface area contributed by atoms with Crippen molar-refractivity contribution in [2.75, 3.05) is 0 Å². The first-order valence-electron chi connectivity index (χ1n) is 22.7. The molecule has 308 valence electrons. The van der Waals surface area contributed by atoms with Crippen molar-refractivity contribution in [3.05, 3.63) is 293 Å². The number of benzene rings is 10. The van der Waals surface area contributed by atoms with Gasteiger partial charge in [-0.25, -0.2) is 15.0 Å². The van der Waals surface area contributed by atoms with E-state index in [2.05, 4.69) is 212 Å². The van der Waals surface area contributed by atoms with Gasteiger partial charge in [-0.3, -0.25) is 0 Å². The first kappa shape index (κ1) is 38.0. The quantitative estimate of drug-likeness (QED) is 0.160. The summed E-state index contributed by atoms with van der Waals surface area (Å²) in [5, 5.41) is 2.46. The number of hydrogen-bond donors (Lipinski definition) is 0.